The highest BCUT2D eigenvalue weighted by molar-refractivity contribution is 5.59. The number of hydrogen-bond acceptors (Lipinski definition) is 4. The van der Waals surface area contributed by atoms with Gasteiger partial charge < -0.3 is 14.9 Å². The maximum atomic E-state index is 5.60. The smallest absolute Gasteiger partial charge is 0.123 e. The van der Waals surface area contributed by atoms with E-state index < -0.39 is 0 Å². The van der Waals surface area contributed by atoms with Gasteiger partial charge in [-0.25, -0.2) is 15.0 Å². The lowest BCUT2D eigenvalue weighted by Gasteiger charge is -2.08. The van der Waals surface area contributed by atoms with Crippen LogP contribution in [-0.2, 0) is 13.1 Å². The van der Waals surface area contributed by atoms with Crippen LogP contribution >= 0.6 is 0 Å². The molecule has 0 bridgehead atoms. The standard InChI is InChI=1S/C13H14N6/c14-13-2-1-11(7-17-13)12-8-16-10-19(12)6-5-18-4-3-15-9-18/h1-4,7-10H,5-6H2,(H2,14,17). The number of anilines is 1. The van der Waals surface area contributed by atoms with E-state index in [0.717, 1.165) is 24.3 Å². The van der Waals surface area contributed by atoms with Gasteiger partial charge in [0.05, 0.1) is 24.5 Å². The molecule has 0 saturated heterocycles. The van der Waals surface area contributed by atoms with Crippen LogP contribution in [0.2, 0.25) is 0 Å². The summed E-state index contributed by atoms with van der Waals surface area (Å²) in [6, 6.07) is 3.75. The number of imidazole rings is 2. The monoisotopic (exact) mass is 254 g/mol. The van der Waals surface area contributed by atoms with Crippen LogP contribution in [0.5, 0.6) is 0 Å². The van der Waals surface area contributed by atoms with Gasteiger partial charge in [-0.2, -0.15) is 0 Å². The average molecular weight is 254 g/mol. The molecule has 0 fully saturated rings. The molecule has 3 aromatic heterocycles. The Morgan fingerprint density at radius 3 is 2.74 bits per heavy atom. The highest BCUT2D eigenvalue weighted by Crippen LogP contribution is 2.18. The quantitative estimate of drug-likeness (QED) is 0.764. The zero-order chi connectivity index (χ0) is 13.1. The lowest BCUT2D eigenvalue weighted by molar-refractivity contribution is 0.581. The molecular weight excluding hydrogens is 240 g/mol. The van der Waals surface area contributed by atoms with Crippen molar-refractivity contribution in [2.45, 2.75) is 13.1 Å². The second-order valence-electron chi connectivity index (χ2n) is 4.24. The van der Waals surface area contributed by atoms with Crippen LogP contribution < -0.4 is 5.73 Å². The van der Waals surface area contributed by atoms with Crippen molar-refractivity contribution >= 4 is 5.82 Å². The van der Waals surface area contributed by atoms with Gasteiger partial charge in [0.2, 0.25) is 0 Å². The number of nitrogens with two attached hydrogens (primary N) is 1. The minimum absolute atomic E-state index is 0.522. The van der Waals surface area contributed by atoms with Gasteiger partial charge in [0.1, 0.15) is 5.82 Å². The summed E-state index contributed by atoms with van der Waals surface area (Å²) in [5.74, 6) is 0.522. The second kappa shape index (κ2) is 4.93. The topological polar surface area (TPSA) is 74.5 Å². The maximum Gasteiger partial charge on any atom is 0.123 e. The maximum absolute atomic E-state index is 5.60. The van der Waals surface area contributed by atoms with Crippen LogP contribution in [0.4, 0.5) is 5.82 Å². The Hall–Kier alpha value is -2.63. The van der Waals surface area contributed by atoms with Crippen LogP contribution in [0, 0.1) is 0 Å². The predicted octanol–water partition coefficient (Wildman–Crippen LogP) is 1.42. The Morgan fingerprint density at radius 1 is 1.05 bits per heavy atom. The lowest BCUT2D eigenvalue weighted by atomic mass is 10.2. The molecule has 6 heteroatoms. The predicted molar refractivity (Wildman–Crippen MR) is 72.1 cm³/mol. The fourth-order valence-corrected chi connectivity index (χ4v) is 1.94. The molecule has 6 nitrogen and oxygen atoms in total. The van der Waals surface area contributed by atoms with E-state index >= 15 is 0 Å². The second-order valence-corrected chi connectivity index (χ2v) is 4.24. The first-order valence-corrected chi connectivity index (χ1v) is 6.01. The SMILES string of the molecule is Nc1ccc(-c2cncn2CCn2ccnc2)cn1. The zero-order valence-corrected chi connectivity index (χ0v) is 10.3. The number of hydrogen-bond donors (Lipinski definition) is 1. The lowest BCUT2D eigenvalue weighted by Crippen LogP contribution is -2.06. The van der Waals surface area contributed by atoms with Gasteiger partial charge in [0, 0.05) is 37.2 Å². The zero-order valence-electron chi connectivity index (χ0n) is 10.3. The first-order chi connectivity index (χ1) is 9.33. The molecule has 0 aliphatic carbocycles. The summed E-state index contributed by atoms with van der Waals surface area (Å²) in [7, 11) is 0. The van der Waals surface area contributed by atoms with E-state index in [9.17, 15) is 0 Å². The molecule has 0 aliphatic rings. The number of nitrogen functional groups attached to an aromatic ring is 1. The van der Waals surface area contributed by atoms with Gasteiger partial charge in [0.25, 0.3) is 0 Å². The van der Waals surface area contributed by atoms with Gasteiger partial charge in [0.15, 0.2) is 0 Å². The molecule has 3 rings (SSSR count). The molecule has 2 N–H and O–H groups in total. The molecule has 0 aromatic carbocycles. The summed E-state index contributed by atoms with van der Waals surface area (Å²) in [4.78, 5) is 12.3. The Balaban J connectivity index is 1.80. The van der Waals surface area contributed by atoms with Gasteiger partial charge in [-0.05, 0) is 12.1 Å². The number of nitrogens with zero attached hydrogens (tertiary/aromatic N) is 5. The highest BCUT2D eigenvalue weighted by Gasteiger charge is 2.05. The van der Waals surface area contributed by atoms with Gasteiger partial charge >= 0.3 is 0 Å². The van der Waals surface area contributed by atoms with Crippen LogP contribution in [0.15, 0.2) is 49.6 Å². The van der Waals surface area contributed by atoms with Crippen LogP contribution in [0.25, 0.3) is 11.3 Å². The van der Waals surface area contributed by atoms with Crippen LogP contribution in [-0.4, -0.2) is 24.1 Å². The Labute approximate surface area is 110 Å². The third kappa shape index (κ3) is 2.47. The Bertz CT molecular complexity index is 638. The van der Waals surface area contributed by atoms with Crippen molar-refractivity contribution in [3.05, 3.63) is 49.6 Å². The Morgan fingerprint density at radius 2 is 2.00 bits per heavy atom. The van der Waals surface area contributed by atoms with E-state index in [1.807, 2.05) is 29.4 Å². The molecule has 0 amide bonds. The summed E-state index contributed by atoms with van der Waals surface area (Å²) < 4.78 is 4.12. The van der Waals surface area contributed by atoms with Gasteiger partial charge in [-0.1, -0.05) is 0 Å². The normalized spacial score (nSPS) is 10.7. The minimum atomic E-state index is 0.522. The molecule has 0 saturated carbocycles. The number of rotatable bonds is 4. The molecule has 19 heavy (non-hydrogen) atoms. The molecule has 0 radical (unpaired) electrons. The van der Waals surface area contributed by atoms with Crippen molar-refractivity contribution in [1.82, 2.24) is 24.1 Å². The van der Waals surface area contributed by atoms with Crippen molar-refractivity contribution in [3.8, 4) is 11.3 Å². The molecule has 0 atom stereocenters. The van der Waals surface area contributed by atoms with Crippen molar-refractivity contribution in [3.63, 3.8) is 0 Å². The van der Waals surface area contributed by atoms with Crippen LogP contribution in [0.1, 0.15) is 0 Å². The fraction of sp³-hybridized carbons (Fsp3) is 0.154. The third-order valence-electron chi connectivity index (χ3n) is 2.95. The largest absolute Gasteiger partial charge is 0.384 e. The summed E-state index contributed by atoms with van der Waals surface area (Å²) >= 11 is 0. The molecule has 3 heterocycles. The molecule has 0 spiro atoms. The fourth-order valence-electron chi connectivity index (χ4n) is 1.94. The molecule has 0 aliphatic heterocycles. The van der Waals surface area contributed by atoms with Gasteiger partial charge in [-0.15, -0.1) is 0 Å². The number of pyridine rings is 1. The summed E-state index contributed by atoms with van der Waals surface area (Å²) in [5, 5.41) is 0. The number of aryl methyl sites for hydroxylation is 2. The van der Waals surface area contributed by atoms with E-state index in [-0.39, 0.29) is 0 Å². The van der Waals surface area contributed by atoms with Crippen molar-refractivity contribution in [2.24, 2.45) is 0 Å². The van der Waals surface area contributed by atoms with Gasteiger partial charge in [-0.3, -0.25) is 0 Å². The highest BCUT2D eigenvalue weighted by atomic mass is 15.1. The van der Waals surface area contributed by atoms with E-state index in [1.54, 1.807) is 24.8 Å². The molecule has 3 aromatic rings. The van der Waals surface area contributed by atoms with E-state index in [0.29, 0.717) is 5.82 Å². The minimum Gasteiger partial charge on any atom is -0.384 e. The van der Waals surface area contributed by atoms with Crippen molar-refractivity contribution < 1.29 is 0 Å². The van der Waals surface area contributed by atoms with E-state index in [1.165, 1.54) is 0 Å². The average Bonchev–Trinajstić information content (AvgIpc) is 3.08. The third-order valence-corrected chi connectivity index (χ3v) is 2.95. The molecule has 0 unspecified atom stereocenters. The number of aromatic nitrogens is 5. The first kappa shape index (κ1) is 11.5. The van der Waals surface area contributed by atoms with Crippen molar-refractivity contribution in [1.29, 1.82) is 0 Å². The Kier molecular flexibility index (Phi) is 2.97. The molecular formula is C13H14N6. The van der Waals surface area contributed by atoms with Crippen LogP contribution in [0.3, 0.4) is 0 Å². The van der Waals surface area contributed by atoms with E-state index in [2.05, 4.69) is 19.5 Å². The summed E-state index contributed by atoms with van der Waals surface area (Å²) in [6.07, 6.45) is 10.9. The van der Waals surface area contributed by atoms with Crippen molar-refractivity contribution in [2.75, 3.05) is 5.73 Å². The first-order valence-electron chi connectivity index (χ1n) is 6.01. The van der Waals surface area contributed by atoms with E-state index in [4.69, 9.17) is 5.73 Å². The summed E-state index contributed by atoms with van der Waals surface area (Å²) in [6.45, 7) is 1.68. The summed E-state index contributed by atoms with van der Waals surface area (Å²) in [5.41, 5.74) is 7.64. The molecule has 96 valence electrons.